The molecule has 2 aromatic rings. The summed E-state index contributed by atoms with van der Waals surface area (Å²) in [6, 6.07) is 9.91. The molecule has 0 bridgehead atoms. The predicted octanol–water partition coefficient (Wildman–Crippen LogP) is 3.84. The summed E-state index contributed by atoms with van der Waals surface area (Å²) in [5.41, 5.74) is 0.965. The lowest BCUT2D eigenvalue weighted by molar-refractivity contribution is -0.141. The second kappa shape index (κ2) is 12.6. The topological polar surface area (TPSA) is 86.8 Å². The largest absolute Gasteiger partial charge is 0.352 e. The van der Waals surface area contributed by atoms with Crippen molar-refractivity contribution in [3.8, 4) is 0 Å². The quantitative estimate of drug-likeness (QED) is 0.471. The normalized spacial score (nSPS) is 12.3. The van der Waals surface area contributed by atoms with E-state index in [1.807, 2.05) is 13.8 Å². The summed E-state index contributed by atoms with van der Waals surface area (Å²) in [4.78, 5) is 27.5. The minimum Gasteiger partial charge on any atom is -0.352 e. The first-order chi connectivity index (χ1) is 16.4. The third-order valence-electron chi connectivity index (χ3n) is 5.35. The Morgan fingerprint density at radius 1 is 0.971 bits per heavy atom. The fourth-order valence-electron chi connectivity index (χ4n) is 3.70. The van der Waals surface area contributed by atoms with E-state index < -0.39 is 27.7 Å². The van der Waals surface area contributed by atoms with Gasteiger partial charge in [0.2, 0.25) is 21.8 Å². The van der Waals surface area contributed by atoms with Gasteiger partial charge in [0.1, 0.15) is 17.7 Å². The van der Waals surface area contributed by atoms with Crippen LogP contribution in [0.1, 0.15) is 45.6 Å². The van der Waals surface area contributed by atoms with Gasteiger partial charge in [-0.1, -0.05) is 19.1 Å². The number of carbonyl (C=O) groups excluding carboxylic acids is 2. The van der Waals surface area contributed by atoms with Crippen molar-refractivity contribution in [2.75, 3.05) is 17.1 Å². The number of anilines is 1. The van der Waals surface area contributed by atoms with Gasteiger partial charge >= 0.3 is 0 Å². The van der Waals surface area contributed by atoms with E-state index in [1.54, 1.807) is 19.1 Å². The van der Waals surface area contributed by atoms with Crippen LogP contribution in [0.3, 0.4) is 0 Å². The van der Waals surface area contributed by atoms with Crippen LogP contribution in [-0.2, 0) is 26.2 Å². The molecule has 0 saturated heterocycles. The summed E-state index contributed by atoms with van der Waals surface area (Å²) in [6.45, 7) is 5.57. The molecular formula is C25H33F2N3O4S. The molecule has 0 spiro atoms. The zero-order valence-corrected chi connectivity index (χ0v) is 21.3. The molecule has 0 aliphatic carbocycles. The molecular weight excluding hydrogens is 476 g/mol. The Balaban J connectivity index is 2.20. The smallest absolute Gasteiger partial charge is 0.243 e. The Bertz CT molecular complexity index is 1090. The molecule has 0 aromatic heterocycles. The lowest BCUT2D eigenvalue weighted by atomic mass is 10.1. The van der Waals surface area contributed by atoms with E-state index in [0.29, 0.717) is 17.7 Å². The van der Waals surface area contributed by atoms with Crippen LogP contribution in [0.5, 0.6) is 0 Å². The number of benzene rings is 2. The summed E-state index contributed by atoms with van der Waals surface area (Å²) in [6.07, 6.45) is 1.59. The molecule has 1 atom stereocenters. The van der Waals surface area contributed by atoms with Crippen molar-refractivity contribution in [3.05, 3.63) is 65.7 Å². The molecule has 0 saturated carbocycles. The van der Waals surface area contributed by atoms with Crippen molar-refractivity contribution in [1.29, 1.82) is 0 Å². The summed E-state index contributed by atoms with van der Waals surface area (Å²) in [5, 5.41) is 2.83. The van der Waals surface area contributed by atoms with Crippen LogP contribution in [0, 0.1) is 11.6 Å². The van der Waals surface area contributed by atoms with E-state index in [2.05, 4.69) is 5.32 Å². The average molecular weight is 510 g/mol. The van der Waals surface area contributed by atoms with Gasteiger partial charge in [-0.15, -0.1) is 0 Å². The number of rotatable bonds is 12. The fourth-order valence-corrected chi connectivity index (χ4v) is 4.66. The number of carbonyl (C=O) groups is 2. The molecule has 0 unspecified atom stereocenters. The highest BCUT2D eigenvalue weighted by molar-refractivity contribution is 7.92. The van der Waals surface area contributed by atoms with Crippen molar-refractivity contribution in [2.24, 2.45) is 0 Å². The molecule has 7 nitrogen and oxygen atoms in total. The van der Waals surface area contributed by atoms with Crippen molar-refractivity contribution < 1.29 is 26.8 Å². The van der Waals surface area contributed by atoms with Crippen LogP contribution in [0.4, 0.5) is 14.5 Å². The first kappa shape index (κ1) is 28.2. The maximum Gasteiger partial charge on any atom is 0.243 e. The number of halogens is 2. The highest BCUT2D eigenvalue weighted by Gasteiger charge is 2.29. The molecule has 0 radical (unpaired) electrons. The van der Waals surface area contributed by atoms with E-state index in [0.717, 1.165) is 10.6 Å². The molecule has 2 aromatic carbocycles. The lowest BCUT2D eigenvalue weighted by Gasteiger charge is -2.31. The molecule has 0 fully saturated rings. The minimum atomic E-state index is -3.66. The number of nitrogens with zero attached hydrogens (tertiary/aromatic N) is 2. The summed E-state index contributed by atoms with van der Waals surface area (Å²) < 4.78 is 52.3. The van der Waals surface area contributed by atoms with Crippen LogP contribution >= 0.6 is 0 Å². The maximum atomic E-state index is 13.4. The second-order valence-corrected chi connectivity index (χ2v) is 10.6. The van der Waals surface area contributed by atoms with Gasteiger partial charge < -0.3 is 10.2 Å². The highest BCUT2D eigenvalue weighted by Crippen LogP contribution is 2.20. The zero-order chi connectivity index (χ0) is 26.2. The predicted molar refractivity (Wildman–Crippen MR) is 132 cm³/mol. The molecule has 35 heavy (non-hydrogen) atoms. The number of hydrogen-bond acceptors (Lipinski definition) is 4. The molecule has 0 aliphatic heterocycles. The third-order valence-corrected chi connectivity index (χ3v) is 6.54. The summed E-state index contributed by atoms with van der Waals surface area (Å²) in [7, 11) is -3.66. The van der Waals surface area contributed by atoms with Crippen LogP contribution in [-0.4, -0.2) is 50.0 Å². The van der Waals surface area contributed by atoms with E-state index in [9.17, 15) is 26.8 Å². The Morgan fingerprint density at radius 2 is 1.51 bits per heavy atom. The highest BCUT2D eigenvalue weighted by atomic mass is 32.2. The molecule has 1 N–H and O–H groups in total. The summed E-state index contributed by atoms with van der Waals surface area (Å²) in [5.74, 6) is -1.51. The second-order valence-electron chi connectivity index (χ2n) is 8.65. The van der Waals surface area contributed by atoms with E-state index in [-0.39, 0.29) is 43.8 Å². The number of sulfonamides is 1. The van der Waals surface area contributed by atoms with Gasteiger partial charge in [0, 0.05) is 25.6 Å². The fraction of sp³-hybridized carbons (Fsp3) is 0.440. The lowest BCUT2D eigenvalue weighted by Crippen LogP contribution is -2.50. The first-order valence-corrected chi connectivity index (χ1v) is 13.3. The van der Waals surface area contributed by atoms with Gasteiger partial charge in [-0.2, -0.15) is 0 Å². The van der Waals surface area contributed by atoms with Gasteiger partial charge in [0.15, 0.2) is 0 Å². The monoisotopic (exact) mass is 509 g/mol. The number of nitrogens with one attached hydrogen (secondary N) is 1. The maximum absolute atomic E-state index is 13.4. The molecule has 2 rings (SSSR count). The van der Waals surface area contributed by atoms with Crippen molar-refractivity contribution in [1.82, 2.24) is 10.2 Å². The average Bonchev–Trinajstić information content (AvgIpc) is 2.77. The third kappa shape index (κ3) is 8.61. The Kier molecular flexibility index (Phi) is 10.2. The first-order valence-electron chi connectivity index (χ1n) is 11.5. The molecule has 0 heterocycles. The Morgan fingerprint density at radius 3 is 2.00 bits per heavy atom. The van der Waals surface area contributed by atoms with Gasteiger partial charge in [-0.3, -0.25) is 13.9 Å². The number of hydrogen-bond donors (Lipinski definition) is 1. The minimum absolute atomic E-state index is 0.00950. The van der Waals surface area contributed by atoms with Crippen LogP contribution < -0.4 is 9.62 Å². The van der Waals surface area contributed by atoms with Gasteiger partial charge in [-0.05, 0) is 68.7 Å². The number of amides is 2. The van der Waals surface area contributed by atoms with Crippen LogP contribution in [0.15, 0.2) is 48.5 Å². The Labute approximate surface area is 206 Å². The van der Waals surface area contributed by atoms with Crippen LogP contribution in [0.2, 0.25) is 0 Å². The molecule has 10 heteroatoms. The summed E-state index contributed by atoms with van der Waals surface area (Å²) >= 11 is 0. The van der Waals surface area contributed by atoms with E-state index >= 15 is 0 Å². The SMILES string of the molecule is CC[C@H](C(=O)NC(C)C)N(Cc1ccc(F)cc1)C(=O)CCCN(c1ccc(F)cc1)S(C)(=O)=O. The molecule has 192 valence electrons. The Hall–Kier alpha value is -3.01. The van der Waals surface area contributed by atoms with Gasteiger partial charge in [0.25, 0.3) is 0 Å². The molecule has 2 amide bonds. The van der Waals surface area contributed by atoms with Crippen molar-refractivity contribution in [3.63, 3.8) is 0 Å². The van der Waals surface area contributed by atoms with Gasteiger partial charge in [-0.25, -0.2) is 17.2 Å². The van der Waals surface area contributed by atoms with Crippen molar-refractivity contribution >= 4 is 27.5 Å². The van der Waals surface area contributed by atoms with E-state index in [1.165, 1.54) is 41.3 Å². The standard InChI is InChI=1S/C25H33F2N3O4S/c1-5-23(25(32)28-18(2)3)29(17-19-8-10-20(26)11-9-19)24(31)7-6-16-30(35(4,33)34)22-14-12-21(27)13-15-22/h8-15,18,23H,5-7,16-17H2,1-4H3,(H,28,32)/t23-/m1/s1. The van der Waals surface area contributed by atoms with Crippen LogP contribution in [0.25, 0.3) is 0 Å². The van der Waals surface area contributed by atoms with Gasteiger partial charge in [0.05, 0.1) is 11.9 Å². The zero-order valence-electron chi connectivity index (χ0n) is 20.5. The van der Waals surface area contributed by atoms with E-state index in [4.69, 9.17) is 0 Å². The molecule has 0 aliphatic rings. The van der Waals surface area contributed by atoms with Crippen molar-refractivity contribution in [2.45, 2.75) is 58.7 Å².